The van der Waals surface area contributed by atoms with Crippen LogP contribution in [0.5, 0.6) is 0 Å². The number of ether oxygens (including phenoxy) is 1. The van der Waals surface area contributed by atoms with Gasteiger partial charge in [0.1, 0.15) is 15.7 Å². The summed E-state index contributed by atoms with van der Waals surface area (Å²) >= 11 is 0. The van der Waals surface area contributed by atoms with Crippen molar-refractivity contribution in [2.75, 3.05) is 50.1 Å². The molecule has 2 heterocycles. The first kappa shape index (κ1) is 15.1. The van der Waals surface area contributed by atoms with Gasteiger partial charge in [0.15, 0.2) is 0 Å². The Balaban J connectivity index is 1.76. The van der Waals surface area contributed by atoms with Crippen molar-refractivity contribution in [2.24, 2.45) is 0 Å². The number of hydrogen-bond acceptors (Lipinski definition) is 7. The Morgan fingerprint density at radius 3 is 3.10 bits per heavy atom. The van der Waals surface area contributed by atoms with Crippen molar-refractivity contribution in [3.63, 3.8) is 0 Å². The van der Waals surface area contributed by atoms with Gasteiger partial charge in [-0.1, -0.05) is 0 Å². The van der Waals surface area contributed by atoms with Gasteiger partial charge >= 0.3 is 0 Å². The van der Waals surface area contributed by atoms with E-state index in [2.05, 4.69) is 20.4 Å². The molecule has 1 aromatic rings. The summed E-state index contributed by atoms with van der Waals surface area (Å²) in [5.41, 5.74) is 0. The SMILES string of the molecule is CS(=O)(=O)CCN1CCOC(CNc2cccnn2)C1. The highest BCUT2D eigenvalue weighted by molar-refractivity contribution is 7.90. The molecule has 1 fully saturated rings. The van der Waals surface area contributed by atoms with Crippen LogP contribution in [0.25, 0.3) is 0 Å². The van der Waals surface area contributed by atoms with Gasteiger partial charge in [0.25, 0.3) is 0 Å². The second kappa shape index (κ2) is 6.96. The second-order valence-corrected chi connectivity index (χ2v) is 7.17. The number of aromatic nitrogens is 2. The zero-order chi connectivity index (χ0) is 14.4. The Kier molecular flexibility index (Phi) is 5.27. The Morgan fingerprint density at radius 1 is 1.55 bits per heavy atom. The van der Waals surface area contributed by atoms with Crippen LogP contribution in [-0.4, -0.2) is 74.4 Å². The number of hydrogen-bond donors (Lipinski definition) is 1. The summed E-state index contributed by atoms with van der Waals surface area (Å²) in [5.74, 6) is 0.904. The van der Waals surface area contributed by atoms with E-state index in [1.165, 1.54) is 6.26 Å². The van der Waals surface area contributed by atoms with E-state index in [0.29, 0.717) is 25.5 Å². The number of morpholine rings is 1. The van der Waals surface area contributed by atoms with E-state index in [1.807, 2.05) is 12.1 Å². The zero-order valence-electron chi connectivity index (χ0n) is 11.5. The molecule has 8 heteroatoms. The number of nitrogens with zero attached hydrogens (tertiary/aromatic N) is 3. The highest BCUT2D eigenvalue weighted by Gasteiger charge is 2.21. The first-order valence-corrected chi connectivity index (χ1v) is 8.62. The average molecular weight is 300 g/mol. The quantitative estimate of drug-likeness (QED) is 0.767. The molecule has 1 unspecified atom stereocenters. The lowest BCUT2D eigenvalue weighted by atomic mass is 10.2. The largest absolute Gasteiger partial charge is 0.374 e. The Hall–Kier alpha value is -1.25. The van der Waals surface area contributed by atoms with Crippen molar-refractivity contribution < 1.29 is 13.2 Å². The minimum Gasteiger partial charge on any atom is -0.374 e. The fraction of sp³-hybridized carbons (Fsp3) is 0.667. The van der Waals surface area contributed by atoms with Gasteiger partial charge in [0.05, 0.1) is 18.5 Å². The fourth-order valence-electron chi connectivity index (χ4n) is 2.02. The summed E-state index contributed by atoms with van der Waals surface area (Å²) in [6.45, 7) is 3.31. The van der Waals surface area contributed by atoms with E-state index in [-0.39, 0.29) is 11.9 Å². The summed E-state index contributed by atoms with van der Waals surface area (Å²) in [6, 6.07) is 3.66. The molecule has 0 amide bonds. The van der Waals surface area contributed by atoms with Crippen molar-refractivity contribution in [3.8, 4) is 0 Å². The van der Waals surface area contributed by atoms with Gasteiger partial charge in [-0.3, -0.25) is 4.90 Å². The Labute approximate surface area is 119 Å². The van der Waals surface area contributed by atoms with Crippen LogP contribution >= 0.6 is 0 Å². The van der Waals surface area contributed by atoms with Gasteiger partial charge in [-0.15, -0.1) is 5.10 Å². The fourth-order valence-corrected chi connectivity index (χ4v) is 2.61. The molecule has 2 rings (SSSR count). The molecule has 0 radical (unpaired) electrons. The molecule has 0 aliphatic carbocycles. The van der Waals surface area contributed by atoms with Gasteiger partial charge in [-0.05, 0) is 12.1 Å². The molecule has 1 saturated heterocycles. The van der Waals surface area contributed by atoms with Crippen LogP contribution in [0.1, 0.15) is 0 Å². The Bertz CT molecular complexity index is 509. The molecule has 1 aliphatic heterocycles. The third-order valence-electron chi connectivity index (χ3n) is 3.08. The zero-order valence-corrected chi connectivity index (χ0v) is 12.3. The lowest BCUT2D eigenvalue weighted by Crippen LogP contribution is -2.46. The van der Waals surface area contributed by atoms with Crippen LogP contribution in [0, 0.1) is 0 Å². The first-order valence-electron chi connectivity index (χ1n) is 6.56. The molecule has 112 valence electrons. The smallest absolute Gasteiger partial charge is 0.148 e. The maximum absolute atomic E-state index is 11.2. The molecule has 1 aromatic heterocycles. The normalized spacial score (nSPS) is 20.8. The molecule has 20 heavy (non-hydrogen) atoms. The van der Waals surface area contributed by atoms with E-state index in [4.69, 9.17) is 4.74 Å². The van der Waals surface area contributed by atoms with Gasteiger partial charge in [-0.2, -0.15) is 5.10 Å². The molecular weight excluding hydrogens is 280 g/mol. The molecule has 1 aliphatic rings. The summed E-state index contributed by atoms with van der Waals surface area (Å²) in [5, 5.41) is 10.9. The van der Waals surface area contributed by atoms with E-state index in [0.717, 1.165) is 13.1 Å². The monoisotopic (exact) mass is 300 g/mol. The number of nitrogens with one attached hydrogen (secondary N) is 1. The summed E-state index contributed by atoms with van der Waals surface area (Å²) in [4.78, 5) is 2.12. The van der Waals surface area contributed by atoms with Crippen LogP contribution in [0.4, 0.5) is 5.82 Å². The van der Waals surface area contributed by atoms with Crippen LogP contribution < -0.4 is 5.32 Å². The van der Waals surface area contributed by atoms with E-state index >= 15 is 0 Å². The standard InChI is InChI=1S/C12H20N4O3S/c1-20(17,18)8-6-16-5-7-19-11(10-16)9-13-12-3-2-4-14-15-12/h2-4,11H,5-10H2,1H3,(H,13,15). The maximum atomic E-state index is 11.2. The summed E-state index contributed by atoms with van der Waals surface area (Å²) in [7, 11) is -2.91. The Morgan fingerprint density at radius 2 is 2.40 bits per heavy atom. The molecule has 7 nitrogen and oxygen atoms in total. The lowest BCUT2D eigenvalue weighted by Gasteiger charge is -2.32. The van der Waals surface area contributed by atoms with E-state index < -0.39 is 9.84 Å². The molecule has 0 spiro atoms. The third-order valence-corrected chi connectivity index (χ3v) is 4.01. The van der Waals surface area contributed by atoms with Gasteiger partial charge in [0.2, 0.25) is 0 Å². The van der Waals surface area contributed by atoms with Crippen molar-refractivity contribution in [1.82, 2.24) is 15.1 Å². The minimum absolute atomic E-state index is 0.0327. The number of sulfone groups is 1. The van der Waals surface area contributed by atoms with Gasteiger partial charge < -0.3 is 10.1 Å². The van der Waals surface area contributed by atoms with E-state index in [9.17, 15) is 8.42 Å². The van der Waals surface area contributed by atoms with Crippen LogP contribution in [0.15, 0.2) is 18.3 Å². The number of rotatable bonds is 6. The highest BCUT2D eigenvalue weighted by atomic mass is 32.2. The van der Waals surface area contributed by atoms with E-state index in [1.54, 1.807) is 6.20 Å². The first-order chi connectivity index (χ1) is 9.53. The molecule has 0 bridgehead atoms. The molecule has 0 saturated carbocycles. The topological polar surface area (TPSA) is 84.4 Å². The van der Waals surface area contributed by atoms with Crippen molar-refractivity contribution in [2.45, 2.75) is 6.10 Å². The molecular formula is C12H20N4O3S. The third kappa shape index (κ3) is 5.40. The second-order valence-electron chi connectivity index (χ2n) is 4.91. The van der Waals surface area contributed by atoms with Crippen molar-refractivity contribution in [3.05, 3.63) is 18.3 Å². The molecule has 1 N–H and O–H groups in total. The minimum atomic E-state index is -2.91. The van der Waals surface area contributed by atoms with Gasteiger partial charge in [-0.25, -0.2) is 8.42 Å². The van der Waals surface area contributed by atoms with Gasteiger partial charge in [0, 0.05) is 38.6 Å². The highest BCUT2D eigenvalue weighted by Crippen LogP contribution is 2.07. The lowest BCUT2D eigenvalue weighted by molar-refractivity contribution is -0.0189. The van der Waals surface area contributed by atoms with Crippen molar-refractivity contribution in [1.29, 1.82) is 0 Å². The molecule has 0 aromatic carbocycles. The van der Waals surface area contributed by atoms with Crippen LogP contribution in [-0.2, 0) is 14.6 Å². The summed E-state index contributed by atoms with van der Waals surface area (Å²) in [6.07, 6.45) is 2.92. The molecule has 1 atom stereocenters. The summed E-state index contributed by atoms with van der Waals surface area (Å²) < 4.78 is 28.0. The van der Waals surface area contributed by atoms with Crippen LogP contribution in [0.2, 0.25) is 0 Å². The predicted molar refractivity (Wildman–Crippen MR) is 76.4 cm³/mol. The van der Waals surface area contributed by atoms with Crippen molar-refractivity contribution >= 4 is 15.7 Å². The maximum Gasteiger partial charge on any atom is 0.148 e. The number of anilines is 1. The van der Waals surface area contributed by atoms with Crippen LogP contribution in [0.3, 0.4) is 0 Å². The predicted octanol–water partition coefficient (Wildman–Crippen LogP) is -0.366. The average Bonchev–Trinajstić information content (AvgIpc) is 2.44.